The quantitative estimate of drug-likeness (QED) is 0.376. The van der Waals surface area contributed by atoms with Crippen molar-refractivity contribution in [3.63, 3.8) is 0 Å². The normalized spacial score (nSPS) is 25.0. The molecule has 0 radical (unpaired) electrons. The van der Waals surface area contributed by atoms with Gasteiger partial charge in [0.15, 0.2) is 0 Å². The van der Waals surface area contributed by atoms with E-state index in [4.69, 9.17) is 8.85 Å². The van der Waals surface area contributed by atoms with Crippen molar-refractivity contribution in [2.24, 2.45) is 0 Å². The molecule has 0 saturated carbocycles. The maximum atomic E-state index is 10.5. The molecule has 2 unspecified atom stereocenters. The van der Waals surface area contributed by atoms with Gasteiger partial charge in [-0.2, -0.15) is 0 Å². The van der Waals surface area contributed by atoms with E-state index in [0.717, 1.165) is 42.4 Å². The number of nitrogens with zero attached hydrogens (tertiary/aromatic N) is 1. The predicted molar refractivity (Wildman–Crippen MR) is 153 cm³/mol. The first-order chi connectivity index (χ1) is 18.8. The molecule has 1 saturated heterocycles. The van der Waals surface area contributed by atoms with Gasteiger partial charge in [-0.1, -0.05) is 36.4 Å². The number of hydrogen-bond acceptors (Lipinski definition) is 3. The summed E-state index contributed by atoms with van der Waals surface area (Å²) in [6.07, 6.45) is 2.00. The molecule has 4 atom stereocenters. The summed E-state index contributed by atoms with van der Waals surface area (Å²) in [5, 5.41) is 10.5. The highest BCUT2D eigenvalue weighted by Crippen LogP contribution is 2.49. The zero-order chi connectivity index (χ0) is 29.0. The lowest BCUT2D eigenvalue weighted by atomic mass is 9.67. The molecule has 3 aromatic carbocycles. The minimum Gasteiger partial charge on any atom is -0.508 e. The summed E-state index contributed by atoms with van der Waals surface area (Å²) < 4.78 is 32.9. The molecule has 1 heterocycles. The van der Waals surface area contributed by atoms with Crippen molar-refractivity contribution in [3.8, 4) is 11.5 Å². The number of benzene rings is 3. The van der Waals surface area contributed by atoms with Crippen LogP contribution in [0.2, 0.25) is 0 Å². The zero-order valence-corrected chi connectivity index (χ0v) is 23.2. The van der Waals surface area contributed by atoms with Crippen LogP contribution in [0.1, 0.15) is 93.6 Å². The van der Waals surface area contributed by atoms with Crippen LogP contribution in [0, 0.1) is 27.7 Å². The second-order valence-corrected chi connectivity index (χ2v) is 11.2. The fourth-order valence-electron chi connectivity index (χ4n) is 6.44. The fourth-order valence-corrected chi connectivity index (χ4v) is 6.44. The predicted octanol–water partition coefficient (Wildman–Crippen LogP) is 7.74. The highest BCUT2D eigenvalue weighted by atomic mass is 16.5. The van der Waals surface area contributed by atoms with Crippen molar-refractivity contribution in [2.45, 2.75) is 91.2 Å². The summed E-state index contributed by atoms with van der Waals surface area (Å²) in [5.74, 6) is 1.30. The Labute approximate surface area is 227 Å². The van der Waals surface area contributed by atoms with Gasteiger partial charge >= 0.3 is 0 Å². The number of phenolic OH excluding ortho intramolecular Hbond substituents is 1. The van der Waals surface area contributed by atoms with Gasteiger partial charge in [0.05, 0.1) is 1.37 Å². The van der Waals surface area contributed by atoms with Crippen LogP contribution < -0.4 is 4.74 Å². The summed E-state index contributed by atoms with van der Waals surface area (Å²) >= 11 is 0. The van der Waals surface area contributed by atoms with E-state index in [1.54, 1.807) is 11.8 Å². The third-order valence-corrected chi connectivity index (χ3v) is 8.74. The molecule has 196 valence electrons. The van der Waals surface area contributed by atoms with Crippen LogP contribution in [0.5, 0.6) is 11.5 Å². The molecular formula is C34H43NO2. The summed E-state index contributed by atoms with van der Waals surface area (Å²) in [6, 6.07) is 16.9. The van der Waals surface area contributed by atoms with Crippen molar-refractivity contribution < 1.29 is 14.0 Å². The van der Waals surface area contributed by atoms with Gasteiger partial charge < -0.3 is 9.84 Å². The Hall–Kier alpha value is -2.78. The van der Waals surface area contributed by atoms with Gasteiger partial charge in [-0.05, 0) is 136 Å². The second-order valence-electron chi connectivity index (χ2n) is 11.2. The Kier molecular flexibility index (Phi) is 6.33. The number of rotatable bonds is 6. The molecule has 5 rings (SSSR count). The van der Waals surface area contributed by atoms with E-state index >= 15 is 0 Å². The monoisotopic (exact) mass is 500 g/mol. The third kappa shape index (κ3) is 5.03. The van der Waals surface area contributed by atoms with Gasteiger partial charge in [-0.15, -0.1) is 0 Å². The first kappa shape index (κ1) is 22.2. The Morgan fingerprint density at radius 1 is 1.00 bits per heavy atom. The van der Waals surface area contributed by atoms with Crippen LogP contribution in [0.4, 0.5) is 0 Å². The smallest absolute Gasteiger partial charge is 0.122 e. The Balaban J connectivity index is 1.57. The van der Waals surface area contributed by atoms with E-state index in [1.165, 1.54) is 27.8 Å². The SMILES string of the molecule is [2H]C(C)(Oc1ccc([C@@H]2c3cc(C)c(O)cc3CC[C@@H]2c2ccccc2C)c(C)c1C)C([2H])([2H])N1CCCC1C. The van der Waals surface area contributed by atoms with Crippen molar-refractivity contribution in [1.29, 1.82) is 0 Å². The molecule has 0 bridgehead atoms. The van der Waals surface area contributed by atoms with E-state index in [9.17, 15) is 5.11 Å². The summed E-state index contributed by atoms with van der Waals surface area (Å²) in [5.41, 5.74) is 9.23. The van der Waals surface area contributed by atoms with Crippen LogP contribution in [0.15, 0.2) is 48.5 Å². The largest absolute Gasteiger partial charge is 0.508 e. The standard InChI is InChI=1S/C34H43NO2/c1-21-10-7-8-12-28(21)30-14-13-27-19-32(36)22(2)18-31(27)34(30)29-15-16-33(26(6)25(29)5)37-24(4)20-35-17-9-11-23(35)3/h7-8,10,12,15-16,18-19,23-24,30,34,36H,9,11,13-14,17,20H2,1-6H3/t23?,24?,30-,34+/m1/s1/i20D2,24D. The second kappa shape index (κ2) is 10.5. The number of likely N-dealkylation sites (tertiary alicyclic amines) is 1. The molecule has 0 spiro atoms. The molecule has 1 N–H and O–H groups in total. The average molecular weight is 501 g/mol. The summed E-state index contributed by atoms with van der Waals surface area (Å²) in [7, 11) is 0. The molecule has 3 heteroatoms. The summed E-state index contributed by atoms with van der Waals surface area (Å²) in [4.78, 5) is 1.78. The maximum Gasteiger partial charge on any atom is 0.122 e. The molecular weight excluding hydrogens is 454 g/mol. The highest BCUT2D eigenvalue weighted by Gasteiger charge is 2.34. The van der Waals surface area contributed by atoms with E-state index < -0.39 is 12.6 Å². The first-order valence-corrected chi connectivity index (χ1v) is 13.8. The van der Waals surface area contributed by atoms with Gasteiger partial charge in [0.1, 0.15) is 17.6 Å². The maximum absolute atomic E-state index is 10.5. The third-order valence-electron chi connectivity index (χ3n) is 8.74. The minimum absolute atomic E-state index is 0.0844. The van der Waals surface area contributed by atoms with Gasteiger partial charge in [-0.3, -0.25) is 4.90 Å². The number of fused-ring (bicyclic) bond motifs is 1. The van der Waals surface area contributed by atoms with Gasteiger partial charge in [-0.25, -0.2) is 0 Å². The Morgan fingerprint density at radius 3 is 2.51 bits per heavy atom. The molecule has 0 amide bonds. The molecule has 1 fully saturated rings. The van der Waals surface area contributed by atoms with E-state index in [1.807, 2.05) is 32.9 Å². The Bertz CT molecular complexity index is 1420. The number of aryl methyl sites for hydroxylation is 3. The molecule has 1 aliphatic carbocycles. The number of hydrogen-bond donors (Lipinski definition) is 1. The first-order valence-electron chi connectivity index (χ1n) is 15.3. The Morgan fingerprint density at radius 2 is 1.78 bits per heavy atom. The van der Waals surface area contributed by atoms with Gasteiger partial charge in [0, 0.05) is 21.2 Å². The van der Waals surface area contributed by atoms with Crippen molar-refractivity contribution in [1.82, 2.24) is 4.90 Å². The summed E-state index contributed by atoms with van der Waals surface area (Å²) in [6.45, 7) is 10.6. The lowest BCUT2D eigenvalue weighted by Crippen LogP contribution is -2.36. The van der Waals surface area contributed by atoms with Crippen LogP contribution in [-0.2, 0) is 6.42 Å². The van der Waals surface area contributed by atoms with Crippen LogP contribution in [0.3, 0.4) is 0 Å². The van der Waals surface area contributed by atoms with Gasteiger partial charge in [0.2, 0.25) is 0 Å². The number of phenols is 1. The molecule has 0 aromatic heterocycles. The van der Waals surface area contributed by atoms with Crippen molar-refractivity contribution in [2.75, 3.05) is 13.0 Å². The number of aromatic hydroxyl groups is 1. The lowest BCUT2D eigenvalue weighted by molar-refractivity contribution is 0.141. The fraction of sp³-hybridized carbons (Fsp3) is 0.471. The zero-order valence-electron chi connectivity index (χ0n) is 26.2. The van der Waals surface area contributed by atoms with Crippen molar-refractivity contribution >= 4 is 0 Å². The minimum atomic E-state index is -1.93. The lowest BCUT2D eigenvalue weighted by Gasteiger charge is -2.37. The molecule has 2 aliphatic rings. The van der Waals surface area contributed by atoms with Crippen LogP contribution in [0.25, 0.3) is 0 Å². The molecule has 37 heavy (non-hydrogen) atoms. The topological polar surface area (TPSA) is 32.7 Å². The molecule has 1 aliphatic heterocycles. The van der Waals surface area contributed by atoms with E-state index in [2.05, 4.69) is 50.2 Å². The molecule has 3 aromatic rings. The van der Waals surface area contributed by atoms with E-state index in [0.29, 0.717) is 18.0 Å². The van der Waals surface area contributed by atoms with Gasteiger partial charge in [0.25, 0.3) is 0 Å². The average Bonchev–Trinajstić information content (AvgIpc) is 3.34. The number of ether oxygens (including phenoxy) is 1. The van der Waals surface area contributed by atoms with Crippen LogP contribution in [-0.4, -0.2) is 35.2 Å². The van der Waals surface area contributed by atoms with E-state index in [-0.39, 0.29) is 17.9 Å². The highest BCUT2D eigenvalue weighted by molar-refractivity contribution is 5.55. The van der Waals surface area contributed by atoms with Crippen molar-refractivity contribution in [3.05, 3.63) is 93.0 Å². The molecule has 3 nitrogen and oxygen atoms in total. The van der Waals surface area contributed by atoms with Crippen LogP contribution >= 0.6 is 0 Å².